The van der Waals surface area contributed by atoms with Gasteiger partial charge in [0.25, 0.3) is 0 Å². The molecule has 3 fully saturated rings. The number of allylic oxidation sites excluding steroid dienone is 1. The van der Waals surface area contributed by atoms with Crippen LogP contribution in [0.2, 0.25) is 0 Å². The zero-order valence-electron chi connectivity index (χ0n) is 20.5. The Bertz CT molecular complexity index is 1010. The second-order valence-electron chi connectivity index (χ2n) is 11.7. The van der Waals surface area contributed by atoms with E-state index in [9.17, 15) is 19.8 Å². The molecule has 4 aliphatic rings. The van der Waals surface area contributed by atoms with E-state index in [-0.39, 0.29) is 53.6 Å². The lowest BCUT2D eigenvalue weighted by atomic mass is 9.51. The highest BCUT2D eigenvalue weighted by Gasteiger charge is 2.78. The highest BCUT2D eigenvalue weighted by Crippen LogP contribution is 2.66. The molecule has 1 aromatic rings. The summed E-state index contributed by atoms with van der Waals surface area (Å²) in [7, 11) is 0. The van der Waals surface area contributed by atoms with E-state index in [1.54, 1.807) is 6.92 Å². The van der Waals surface area contributed by atoms with Gasteiger partial charge in [-0.2, -0.15) is 0 Å². The third kappa shape index (κ3) is 3.41. The van der Waals surface area contributed by atoms with Gasteiger partial charge in [-0.15, -0.1) is 0 Å². The lowest BCUT2D eigenvalue weighted by molar-refractivity contribution is -0.153. The molecule has 6 nitrogen and oxygen atoms in total. The molecule has 2 aliphatic carbocycles. The number of carbonyl (C=O) groups excluding carboxylic acids is 2. The van der Waals surface area contributed by atoms with Crippen molar-refractivity contribution in [2.75, 3.05) is 0 Å². The molecule has 5 rings (SSSR count). The normalized spacial score (nSPS) is 48.2. The molecule has 2 aliphatic heterocycles. The van der Waals surface area contributed by atoms with Crippen LogP contribution >= 0.6 is 0 Å². The molecule has 184 valence electrons. The van der Waals surface area contributed by atoms with Gasteiger partial charge in [0, 0.05) is 24.3 Å². The van der Waals surface area contributed by atoms with Crippen LogP contribution in [0.15, 0.2) is 42.5 Å². The summed E-state index contributed by atoms with van der Waals surface area (Å²) in [5, 5.41) is 25.2. The number of amides is 1. The smallest absolute Gasteiger partial charge is 0.235 e. The van der Waals surface area contributed by atoms with Crippen molar-refractivity contribution in [1.82, 2.24) is 5.32 Å². The molecule has 0 radical (unpaired) electrons. The van der Waals surface area contributed by atoms with Gasteiger partial charge < -0.3 is 20.3 Å². The molecule has 1 aromatic carbocycles. The van der Waals surface area contributed by atoms with Gasteiger partial charge in [-0.05, 0) is 50.5 Å². The average molecular weight is 468 g/mol. The average Bonchev–Trinajstić information content (AvgIpc) is 3.38. The first kappa shape index (κ1) is 23.7. The minimum absolute atomic E-state index is 0.0273. The number of aliphatic hydroxyl groups is 2. The summed E-state index contributed by atoms with van der Waals surface area (Å²) in [5.74, 6) is -1.12. The Balaban J connectivity index is 1.62. The zero-order chi connectivity index (χ0) is 24.5. The predicted octanol–water partition coefficient (Wildman–Crippen LogP) is 2.81. The molecule has 2 heterocycles. The largest absolute Gasteiger partial charge is 0.390 e. The van der Waals surface area contributed by atoms with Crippen LogP contribution in [0.3, 0.4) is 0 Å². The number of rotatable bonds is 2. The number of Topliss-reactive ketones (excluding diaryl/α,β-unsaturated/α-hetero) is 1. The Morgan fingerprint density at radius 1 is 1.15 bits per heavy atom. The van der Waals surface area contributed by atoms with Crippen LogP contribution in [0.1, 0.15) is 52.5 Å². The van der Waals surface area contributed by atoms with Gasteiger partial charge in [-0.1, -0.05) is 56.3 Å². The molecule has 10 atom stereocenters. The van der Waals surface area contributed by atoms with Crippen LogP contribution in [0.4, 0.5) is 0 Å². The fourth-order valence-corrected chi connectivity index (χ4v) is 7.34. The van der Waals surface area contributed by atoms with E-state index in [1.807, 2.05) is 49.4 Å². The Morgan fingerprint density at radius 3 is 2.56 bits per heavy atom. The van der Waals surface area contributed by atoms with E-state index < -0.39 is 23.0 Å². The van der Waals surface area contributed by atoms with Crippen LogP contribution in [-0.4, -0.2) is 51.4 Å². The van der Waals surface area contributed by atoms with Gasteiger partial charge >= 0.3 is 0 Å². The lowest BCUT2D eigenvalue weighted by Crippen LogP contribution is -2.59. The van der Waals surface area contributed by atoms with E-state index in [0.29, 0.717) is 19.3 Å². The number of ketones is 1. The lowest BCUT2D eigenvalue weighted by Gasteiger charge is -2.46. The Morgan fingerprint density at radius 2 is 1.85 bits per heavy atom. The number of nitrogens with one attached hydrogen (secondary N) is 1. The third-order valence-corrected chi connectivity index (χ3v) is 9.33. The molecule has 2 saturated heterocycles. The zero-order valence-corrected chi connectivity index (χ0v) is 20.5. The Hall–Kier alpha value is -2.02. The molecule has 1 saturated carbocycles. The molecule has 1 amide bonds. The summed E-state index contributed by atoms with van der Waals surface area (Å²) < 4.78 is 6.27. The first-order valence-electron chi connectivity index (χ1n) is 12.6. The first-order chi connectivity index (χ1) is 16.0. The quantitative estimate of drug-likeness (QED) is 0.353. The van der Waals surface area contributed by atoms with E-state index >= 15 is 0 Å². The van der Waals surface area contributed by atoms with Crippen LogP contribution in [-0.2, 0) is 20.7 Å². The number of ether oxygens (including phenoxy) is 1. The van der Waals surface area contributed by atoms with Crippen LogP contribution < -0.4 is 5.32 Å². The van der Waals surface area contributed by atoms with E-state index in [4.69, 9.17) is 4.74 Å². The second kappa shape index (κ2) is 8.00. The van der Waals surface area contributed by atoms with Gasteiger partial charge in [0.15, 0.2) is 5.78 Å². The van der Waals surface area contributed by atoms with Gasteiger partial charge in [0.1, 0.15) is 5.41 Å². The molecule has 6 heteroatoms. The first-order valence-corrected chi connectivity index (χ1v) is 12.6. The topological polar surface area (TPSA) is 99.2 Å². The number of carbonyl (C=O) groups is 2. The van der Waals surface area contributed by atoms with Crippen molar-refractivity contribution < 1.29 is 24.5 Å². The second-order valence-corrected chi connectivity index (χ2v) is 11.7. The van der Waals surface area contributed by atoms with E-state index in [2.05, 4.69) is 19.2 Å². The van der Waals surface area contributed by atoms with Crippen LogP contribution in [0, 0.1) is 29.1 Å². The van der Waals surface area contributed by atoms with Crippen molar-refractivity contribution in [2.24, 2.45) is 29.1 Å². The van der Waals surface area contributed by atoms with E-state index in [0.717, 1.165) is 5.56 Å². The van der Waals surface area contributed by atoms with Crippen molar-refractivity contribution in [3.8, 4) is 0 Å². The van der Waals surface area contributed by atoms with Crippen molar-refractivity contribution in [3.05, 3.63) is 48.0 Å². The fourth-order valence-electron chi connectivity index (χ4n) is 7.34. The van der Waals surface area contributed by atoms with Gasteiger partial charge in [0.2, 0.25) is 5.91 Å². The summed E-state index contributed by atoms with van der Waals surface area (Å²) in [6, 6.07) is 9.80. The van der Waals surface area contributed by atoms with Crippen molar-refractivity contribution in [3.63, 3.8) is 0 Å². The summed E-state index contributed by atoms with van der Waals surface area (Å²) in [4.78, 5) is 28.1. The third-order valence-electron chi connectivity index (χ3n) is 9.33. The Labute approximate surface area is 201 Å². The van der Waals surface area contributed by atoms with Crippen molar-refractivity contribution >= 4 is 11.7 Å². The summed E-state index contributed by atoms with van der Waals surface area (Å²) in [5.41, 5.74) is -2.01. The molecule has 3 N–H and O–H groups in total. The van der Waals surface area contributed by atoms with Crippen LogP contribution in [0.5, 0.6) is 0 Å². The van der Waals surface area contributed by atoms with Gasteiger partial charge in [-0.25, -0.2) is 0 Å². The molecule has 0 bridgehead atoms. The molecular formula is C28H37NO5. The number of hydrogen-bond donors (Lipinski definition) is 3. The molecular weight excluding hydrogens is 430 g/mol. The molecule has 34 heavy (non-hydrogen) atoms. The van der Waals surface area contributed by atoms with Crippen molar-refractivity contribution in [2.45, 2.75) is 82.8 Å². The number of benzene rings is 1. The number of fused-ring (bicyclic) bond motifs is 2. The van der Waals surface area contributed by atoms with E-state index in [1.165, 1.54) is 0 Å². The number of aliphatic hydroxyl groups excluding tert-OH is 1. The molecule has 0 unspecified atom stereocenters. The maximum absolute atomic E-state index is 14.2. The highest BCUT2D eigenvalue weighted by molar-refractivity contribution is 6.09. The maximum atomic E-state index is 14.2. The monoisotopic (exact) mass is 467 g/mol. The number of hydrogen-bond acceptors (Lipinski definition) is 5. The Kier molecular flexibility index (Phi) is 5.58. The SMILES string of the molecule is C[C@@H]1CC=C[C@@H]2[C@H]3O[C@@]3(C)[C@H](C)[C@@H]3[C@@H](Cc4ccccc4)NC(=O)[C@@]32C(=O)C[C@H](O)[C@](C)(O)C1. The summed E-state index contributed by atoms with van der Waals surface area (Å²) in [6.07, 6.45) is 4.08. The highest BCUT2D eigenvalue weighted by atomic mass is 16.6. The number of epoxide rings is 1. The summed E-state index contributed by atoms with van der Waals surface area (Å²) in [6.45, 7) is 7.81. The minimum Gasteiger partial charge on any atom is -0.390 e. The minimum atomic E-state index is -1.40. The van der Waals surface area contributed by atoms with Gasteiger partial charge in [0.05, 0.1) is 23.4 Å². The van der Waals surface area contributed by atoms with Crippen molar-refractivity contribution in [1.29, 1.82) is 0 Å². The fraction of sp³-hybridized carbons (Fsp3) is 0.643. The van der Waals surface area contributed by atoms with Gasteiger partial charge in [-0.3, -0.25) is 9.59 Å². The predicted molar refractivity (Wildman–Crippen MR) is 128 cm³/mol. The maximum Gasteiger partial charge on any atom is 0.235 e. The standard InChI is InChI=1S/C28H37NO5/c1-16-9-8-12-19-24-27(4,34-24)17(2)23-20(13-18-10-6-5-7-11-18)29-25(32)28(19,23)22(31)14-21(30)26(3,33)15-16/h5-8,10-12,16-17,19-21,23-24,30,33H,9,13-15H2,1-4H3,(H,29,32)/t16-,17-,19-,20-,21+,23-,24-,26-,27+,28+/m1/s1. The van der Waals surface area contributed by atoms with Crippen LogP contribution in [0.25, 0.3) is 0 Å². The summed E-state index contributed by atoms with van der Waals surface area (Å²) >= 11 is 0. The molecule has 1 spiro atoms. The molecule has 0 aromatic heterocycles.